The van der Waals surface area contributed by atoms with Crippen LogP contribution < -0.4 is 4.90 Å². The highest BCUT2D eigenvalue weighted by molar-refractivity contribution is 5.85. The molecule has 5 aromatic carbocycles. The SMILES string of the molecule is c1ccc(N(Cc2cccc3c2C2(c4ccccc4-3)C3CCC4CC(C3)CC2C4)c2ccc3c(c2)C2(CCCC2)c2ccccc2-3)cc1. The third-order valence-electron chi connectivity index (χ3n) is 14.4. The summed E-state index contributed by atoms with van der Waals surface area (Å²) in [7, 11) is 0. The number of para-hydroxylation sites is 1. The Hall–Kier alpha value is -4.10. The second kappa shape index (κ2) is 10.2. The third-order valence-corrected chi connectivity index (χ3v) is 14.4. The van der Waals surface area contributed by atoms with E-state index in [2.05, 4.69) is 120 Å². The van der Waals surface area contributed by atoms with Gasteiger partial charge in [0.1, 0.15) is 0 Å². The summed E-state index contributed by atoms with van der Waals surface area (Å²) in [6.07, 6.45) is 13.8. The lowest BCUT2D eigenvalue weighted by Crippen LogP contribution is -2.48. The normalized spacial score (nSPS) is 27.9. The lowest BCUT2D eigenvalue weighted by Gasteiger charge is -2.53. The van der Waals surface area contributed by atoms with Crippen molar-refractivity contribution >= 4 is 11.4 Å². The topological polar surface area (TPSA) is 3.24 Å². The van der Waals surface area contributed by atoms with Crippen LogP contribution in [0.1, 0.15) is 92.0 Å². The van der Waals surface area contributed by atoms with Crippen LogP contribution in [0.3, 0.4) is 0 Å². The van der Waals surface area contributed by atoms with Gasteiger partial charge in [-0.15, -0.1) is 0 Å². The maximum absolute atomic E-state index is 2.65. The van der Waals surface area contributed by atoms with Gasteiger partial charge in [0, 0.05) is 28.7 Å². The molecule has 5 fully saturated rings. The molecule has 4 bridgehead atoms. The fourth-order valence-corrected chi connectivity index (χ4v) is 12.8. The molecule has 48 heavy (non-hydrogen) atoms. The van der Waals surface area contributed by atoms with Gasteiger partial charge in [0.25, 0.3) is 0 Å². The van der Waals surface area contributed by atoms with E-state index < -0.39 is 0 Å². The van der Waals surface area contributed by atoms with Crippen LogP contribution in [-0.2, 0) is 17.4 Å². The van der Waals surface area contributed by atoms with E-state index in [1.807, 2.05) is 0 Å². The smallest absolute Gasteiger partial charge is 0.0485 e. The van der Waals surface area contributed by atoms with Crippen LogP contribution in [0.15, 0.2) is 115 Å². The minimum absolute atomic E-state index is 0.157. The Morgan fingerprint density at radius 2 is 1.21 bits per heavy atom. The van der Waals surface area contributed by atoms with Crippen molar-refractivity contribution in [1.29, 1.82) is 0 Å². The van der Waals surface area contributed by atoms with E-state index in [9.17, 15) is 0 Å². The molecule has 238 valence electrons. The van der Waals surface area contributed by atoms with Crippen LogP contribution in [-0.4, -0.2) is 0 Å². The molecule has 0 heterocycles. The molecule has 5 atom stereocenters. The van der Waals surface area contributed by atoms with Gasteiger partial charge in [0.15, 0.2) is 0 Å². The Balaban J connectivity index is 1.09. The lowest BCUT2D eigenvalue weighted by molar-refractivity contribution is 0.0613. The first kappa shape index (κ1) is 27.8. The van der Waals surface area contributed by atoms with Crippen molar-refractivity contribution in [2.45, 2.75) is 81.6 Å². The Morgan fingerprint density at radius 1 is 0.521 bits per heavy atom. The summed E-state index contributed by atoms with van der Waals surface area (Å²) in [5, 5.41) is 0. The predicted molar refractivity (Wildman–Crippen MR) is 198 cm³/mol. The summed E-state index contributed by atoms with van der Waals surface area (Å²) < 4.78 is 0. The van der Waals surface area contributed by atoms with E-state index in [1.54, 1.807) is 27.8 Å². The van der Waals surface area contributed by atoms with Gasteiger partial charge >= 0.3 is 0 Å². The molecule has 0 saturated heterocycles. The van der Waals surface area contributed by atoms with E-state index in [0.29, 0.717) is 0 Å². The number of benzene rings is 5. The number of anilines is 2. The van der Waals surface area contributed by atoms with Crippen LogP contribution in [0.25, 0.3) is 22.3 Å². The third kappa shape index (κ3) is 3.63. The van der Waals surface area contributed by atoms with Crippen molar-refractivity contribution in [3.05, 3.63) is 143 Å². The average Bonchev–Trinajstić information content (AvgIpc) is 3.77. The molecule has 5 aromatic rings. The monoisotopic (exact) mass is 623 g/mol. The summed E-state index contributed by atoms with van der Waals surface area (Å²) in [6, 6.07) is 45.0. The Bertz CT molecular complexity index is 2060. The minimum atomic E-state index is 0.157. The van der Waals surface area contributed by atoms with E-state index in [-0.39, 0.29) is 10.8 Å². The van der Waals surface area contributed by atoms with E-state index in [0.717, 1.165) is 30.2 Å². The molecule has 0 amide bonds. The standard InChI is InChI=1S/C47H45N/c1-2-12-36(13-3-1)48(37-21-22-40-38-14-4-6-17-42(38)46(44(40)29-37)23-8-9-24-46)30-33-11-10-16-41-39-15-5-7-18-43(39)47(45(33)41)34-20-19-31-25-32(27-34)28-35(47)26-31/h1-7,10-18,21-22,29,31-32,34-35H,8-9,19-20,23-28,30H2. The fourth-order valence-electron chi connectivity index (χ4n) is 12.8. The minimum Gasteiger partial charge on any atom is -0.337 e. The molecule has 0 aliphatic heterocycles. The molecular weight excluding hydrogens is 579 g/mol. The molecule has 12 rings (SSSR count). The zero-order chi connectivity index (χ0) is 31.5. The molecule has 7 aliphatic rings. The molecule has 0 aromatic heterocycles. The lowest BCUT2D eigenvalue weighted by atomic mass is 9.50. The molecule has 0 N–H and O–H groups in total. The van der Waals surface area contributed by atoms with E-state index in [1.165, 1.54) is 97.8 Å². The van der Waals surface area contributed by atoms with Gasteiger partial charge < -0.3 is 4.90 Å². The largest absolute Gasteiger partial charge is 0.337 e. The number of rotatable bonds is 4. The van der Waals surface area contributed by atoms with Crippen molar-refractivity contribution in [3.8, 4) is 22.3 Å². The van der Waals surface area contributed by atoms with Gasteiger partial charge in [-0.1, -0.05) is 110 Å². The van der Waals surface area contributed by atoms with Gasteiger partial charge in [-0.25, -0.2) is 0 Å². The van der Waals surface area contributed by atoms with Crippen LogP contribution in [0.4, 0.5) is 11.4 Å². The molecule has 5 unspecified atom stereocenters. The first-order valence-electron chi connectivity index (χ1n) is 19.0. The summed E-state index contributed by atoms with van der Waals surface area (Å²) >= 11 is 0. The highest BCUT2D eigenvalue weighted by Gasteiger charge is 2.60. The quantitative estimate of drug-likeness (QED) is 0.192. The van der Waals surface area contributed by atoms with E-state index >= 15 is 0 Å². The van der Waals surface area contributed by atoms with Crippen LogP contribution >= 0.6 is 0 Å². The Kier molecular flexibility index (Phi) is 5.91. The van der Waals surface area contributed by atoms with Gasteiger partial charge in [-0.2, -0.15) is 0 Å². The van der Waals surface area contributed by atoms with Crippen molar-refractivity contribution in [1.82, 2.24) is 0 Å². The molecule has 7 aliphatic carbocycles. The van der Waals surface area contributed by atoms with Gasteiger partial charge in [0.05, 0.1) is 0 Å². The molecule has 2 spiro atoms. The zero-order valence-electron chi connectivity index (χ0n) is 28.0. The van der Waals surface area contributed by atoms with E-state index in [4.69, 9.17) is 0 Å². The first-order chi connectivity index (χ1) is 23.7. The number of hydrogen-bond acceptors (Lipinski definition) is 1. The summed E-state index contributed by atoms with van der Waals surface area (Å²) in [5.41, 5.74) is 17.0. The van der Waals surface area contributed by atoms with Crippen LogP contribution in [0.2, 0.25) is 0 Å². The maximum atomic E-state index is 2.65. The van der Waals surface area contributed by atoms with Gasteiger partial charge in [-0.3, -0.25) is 0 Å². The highest BCUT2D eigenvalue weighted by atomic mass is 15.1. The van der Waals surface area contributed by atoms with Crippen LogP contribution in [0, 0.1) is 23.7 Å². The van der Waals surface area contributed by atoms with Crippen molar-refractivity contribution in [3.63, 3.8) is 0 Å². The van der Waals surface area contributed by atoms with Gasteiger partial charge in [-0.05, 0) is 143 Å². The number of hydrogen-bond donors (Lipinski definition) is 0. The second-order valence-corrected chi connectivity index (χ2v) is 16.4. The second-order valence-electron chi connectivity index (χ2n) is 16.4. The van der Waals surface area contributed by atoms with Crippen molar-refractivity contribution in [2.75, 3.05) is 4.90 Å². The molecule has 5 saturated carbocycles. The molecular formula is C47H45N. The van der Waals surface area contributed by atoms with Crippen molar-refractivity contribution in [2.24, 2.45) is 23.7 Å². The highest BCUT2D eigenvalue weighted by Crippen LogP contribution is 2.68. The summed E-state index contributed by atoms with van der Waals surface area (Å²) in [6.45, 7) is 0.897. The Labute approximate surface area is 286 Å². The van der Waals surface area contributed by atoms with Crippen molar-refractivity contribution < 1.29 is 0 Å². The zero-order valence-corrected chi connectivity index (χ0v) is 28.0. The first-order valence-corrected chi connectivity index (χ1v) is 19.0. The summed E-state index contributed by atoms with van der Waals surface area (Å²) in [4.78, 5) is 2.65. The maximum Gasteiger partial charge on any atom is 0.0485 e. The fraction of sp³-hybridized carbons (Fsp3) is 0.362. The predicted octanol–water partition coefficient (Wildman–Crippen LogP) is 12.0. The Morgan fingerprint density at radius 3 is 2.06 bits per heavy atom. The number of fused-ring (bicyclic) bond motifs is 9. The van der Waals surface area contributed by atoms with Gasteiger partial charge in [0.2, 0.25) is 0 Å². The number of nitrogens with zero attached hydrogens (tertiary/aromatic N) is 1. The molecule has 0 radical (unpaired) electrons. The summed E-state index contributed by atoms with van der Waals surface area (Å²) in [5.74, 6) is 3.38. The molecule has 1 nitrogen and oxygen atoms in total. The molecule has 1 heteroatoms. The van der Waals surface area contributed by atoms with Crippen LogP contribution in [0.5, 0.6) is 0 Å². The average molecular weight is 624 g/mol.